The van der Waals surface area contributed by atoms with E-state index in [1.54, 1.807) is 24.3 Å². The van der Waals surface area contributed by atoms with Crippen molar-refractivity contribution in [1.82, 2.24) is 14.9 Å². The maximum absolute atomic E-state index is 11.6. The number of carboxylic acid groups (broad SMARTS) is 1. The largest absolute Gasteiger partial charge is 0.478 e. The molecule has 0 radical (unpaired) electrons. The van der Waals surface area contributed by atoms with Crippen LogP contribution in [-0.2, 0) is 0 Å². The highest BCUT2D eigenvalue weighted by Crippen LogP contribution is 2.29. The predicted molar refractivity (Wildman–Crippen MR) is 118 cm³/mol. The van der Waals surface area contributed by atoms with Crippen LogP contribution >= 0.6 is 0 Å². The van der Waals surface area contributed by atoms with E-state index in [-0.39, 0.29) is 17.3 Å². The van der Waals surface area contributed by atoms with Crippen LogP contribution in [0.25, 0.3) is 10.9 Å². The number of aromatic carboxylic acids is 1. The molecule has 0 fully saturated rings. The molecule has 1 unspecified atom stereocenters. The number of non-ortho nitro benzene ring substituents is 1. The zero-order valence-corrected chi connectivity index (χ0v) is 17.1. The highest BCUT2D eigenvalue weighted by molar-refractivity contribution is 6.04. The van der Waals surface area contributed by atoms with Gasteiger partial charge in [-0.15, -0.1) is 6.58 Å². The van der Waals surface area contributed by atoms with Gasteiger partial charge in [0.05, 0.1) is 22.0 Å². The molecule has 160 valence electrons. The van der Waals surface area contributed by atoms with Gasteiger partial charge in [-0.3, -0.25) is 10.1 Å². The predicted octanol–water partition coefficient (Wildman–Crippen LogP) is 3.90. The molecule has 0 amide bonds. The first kappa shape index (κ1) is 21.8. The van der Waals surface area contributed by atoms with Crippen LogP contribution in [0.4, 0.5) is 11.5 Å². The highest BCUT2D eigenvalue weighted by Gasteiger charge is 2.19. The molecule has 2 aromatic carbocycles. The Balaban J connectivity index is 1.99. The number of nitrogens with one attached hydrogen (secondary N) is 1. The number of hydrogen-bond donors (Lipinski definition) is 2. The molecule has 2 N–H and O–H groups in total. The van der Waals surface area contributed by atoms with Crippen molar-refractivity contribution in [2.75, 3.05) is 25.5 Å². The number of rotatable bonds is 10. The number of likely N-dealkylation sites (N-methyl/N-ethyl adjacent to an activating group) is 1. The molecule has 0 aliphatic heterocycles. The van der Waals surface area contributed by atoms with Gasteiger partial charge in [-0.2, -0.15) is 0 Å². The van der Waals surface area contributed by atoms with Crippen LogP contribution in [0.15, 0.2) is 61.4 Å². The summed E-state index contributed by atoms with van der Waals surface area (Å²) in [7, 11) is 1.96. The molecule has 9 nitrogen and oxygen atoms in total. The summed E-state index contributed by atoms with van der Waals surface area (Å²) in [5.74, 6) is -0.604. The minimum Gasteiger partial charge on any atom is -0.478 e. The molecule has 31 heavy (non-hydrogen) atoms. The minimum absolute atomic E-state index is 0.00413. The molecule has 0 saturated heterocycles. The van der Waals surface area contributed by atoms with E-state index >= 15 is 0 Å². The molecule has 0 aliphatic rings. The van der Waals surface area contributed by atoms with Crippen molar-refractivity contribution in [3.05, 3.63) is 82.7 Å². The summed E-state index contributed by atoms with van der Waals surface area (Å²) in [4.78, 5) is 32.9. The Morgan fingerprint density at radius 3 is 2.81 bits per heavy atom. The van der Waals surface area contributed by atoms with Gasteiger partial charge < -0.3 is 15.3 Å². The van der Waals surface area contributed by atoms with Gasteiger partial charge in [0.15, 0.2) is 0 Å². The van der Waals surface area contributed by atoms with Crippen LogP contribution in [0.3, 0.4) is 0 Å². The number of aromatic nitrogens is 2. The zero-order chi connectivity index (χ0) is 22.4. The molecule has 9 heteroatoms. The molecular weight excluding hydrogens is 398 g/mol. The highest BCUT2D eigenvalue weighted by atomic mass is 16.6. The summed E-state index contributed by atoms with van der Waals surface area (Å²) in [5.41, 5.74) is 1.15. The van der Waals surface area contributed by atoms with Gasteiger partial charge in [0.25, 0.3) is 5.69 Å². The van der Waals surface area contributed by atoms with E-state index in [9.17, 15) is 20.0 Å². The van der Waals surface area contributed by atoms with Crippen LogP contribution in [0.2, 0.25) is 0 Å². The van der Waals surface area contributed by atoms with Crippen LogP contribution in [0.1, 0.15) is 28.4 Å². The molecule has 0 aliphatic carbocycles. The lowest BCUT2D eigenvalue weighted by molar-refractivity contribution is -0.384. The quantitative estimate of drug-likeness (QED) is 0.287. The molecular formula is C22H23N5O4. The van der Waals surface area contributed by atoms with Crippen LogP contribution < -0.4 is 5.32 Å². The number of benzene rings is 2. The summed E-state index contributed by atoms with van der Waals surface area (Å²) in [6, 6.07) is 11.0. The maximum Gasteiger partial charge on any atom is 0.337 e. The lowest BCUT2D eigenvalue weighted by atomic mass is 10.0. The lowest BCUT2D eigenvalue weighted by Crippen LogP contribution is -2.24. The molecule has 3 rings (SSSR count). The van der Waals surface area contributed by atoms with Gasteiger partial charge in [-0.25, -0.2) is 14.8 Å². The number of fused-ring (bicyclic) bond motifs is 1. The van der Waals surface area contributed by atoms with E-state index in [0.29, 0.717) is 36.2 Å². The molecule has 0 spiro atoms. The third kappa shape index (κ3) is 5.20. The Hall–Kier alpha value is -3.85. The summed E-state index contributed by atoms with van der Waals surface area (Å²) in [6.45, 7) is 5.16. The van der Waals surface area contributed by atoms with E-state index in [1.165, 1.54) is 24.5 Å². The first-order chi connectivity index (χ1) is 14.9. The number of anilines is 1. The Bertz CT molecular complexity index is 1120. The van der Waals surface area contributed by atoms with Crippen LogP contribution in [0, 0.1) is 10.1 Å². The SMILES string of the molecule is C=CCN(C)CCC(Nc1ncnc2c(C(=O)O)cccc12)c1cccc([N+](=O)[O-])c1. The fourth-order valence-corrected chi connectivity index (χ4v) is 3.38. The fraction of sp³-hybridized carbons (Fsp3) is 0.227. The van der Waals surface area contributed by atoms with Crippen molar-refractivity contribution < 1.29 is 14.8 Å². The van der Waals surface area contributed by atoms with Gasteiger partial charge in [-0.05, 0) is 31.2 Å². The minimum atomic E-state index is -1.07. The normalized spacial score (nSPS) is 11.9. The average molecular weight is 421 g/mol. The summed E-state index contributed by atoms with van der Waals surface area (Å²) < 4.78 is 0. The summed E-state index contributed by atoms with van der Waals surface area (Å²) >= 11 is 0. The van der Waals surface area contributed by atoms with Gasteiger partial charge in [0, 0.05) is 30.6 Å². The topological polar surface area (TPSA) is 121 Å². The molecule has 1 atom stereocenters. The first-order valence-corrected chi connectivity index (χ1v) is 9.68. The molecule has 0 bridgehead atoms. The monoisotopic (exact) mass is 421 g/mol. The van der Waals surface area contributed by atoms with Gasteiger partial charge in [-0.1, -0.05) is 24.3 Å². The number of nitrogens with zero attached hydrogens (tertiary/aromatic N) is 4. The number of carboxylic acids is 1. The van der Waals surface area contributed by atoms with E-state index in [1.807, 2.05) is 13.1 Å². The molecule has 1 aromatic heterocycles. The van der Waals surface area contributed by atoms with E-state index in [4.69, 9.17) is 0 Å². The van der Waals surface area contributed by atoms with Crippen molar-refractivity contribution >= 4 is 28.4 Å². The van der Waals surface area contributed by atoms with E-state index in [0.717, 1.165) is 5.56 Å². The van der Waals surface area contributed by atoms with Gasteiger partial charge >= 0.3 is 5.97 Å². The lowest BCUT2D eigenvalue weighted by Gasteiger charge is -2.23. The van der Waals surface area contributed by atoms with Crippen molar-refractivity contribution in [2.24, 2.45) is 0 Å². The number of para-hydroxylation sites is 1. The fourth-order valence-electron chi connectivity index (χ4n) is 3.38. The van der Waals surface area contributed by atoms with Crippen molar-refractivity contribution in [2.45, 2.75) is 12.5 Å². The van der Waals surface area contributed by atoms with Gasteiger partial charge in [0.1, 0.15) is 12.1 Å². The standard InChI is InChI=1S/C22H23N5O4/c1-3-11-26(2)12-10-19(15-6-4-7-16(13-15)27(30)31)25-21-17-8-5-9-18(22(28)29)20(17)23-14-24-21/h3-9,13-14,19H,1,10-12H2,2H3,(H,28,29)(H,23,24,25). The Labute approximate surface area is 179 Å². The number of carbonyl (C=O) groups is 1. The Morgan fingerprint density at radius 1 is 1.32 bits per heavy atom. The van der Waals surface area contributed by atoms with Gasteiger partial charge in [0.2, 0.25) is 0 Å². The second-order valence-electron chi connectivity index (χ2n) is 7.12. The first-order valence-electron chi connectivity index (χ1n) is 9.68. The Morgan fingerprint density at radius 2 is 2.10 bits per heavy atom. The van der Waals surface area contributed by atoms with Crippen LogP contribution in [-0.4, -0.2) is 51.0 Å². The zero-order valence-electron chi connectivity index (χ0n) is 17.1. The molecule has 3 aromatic rings. The number of nitro groups is 1. The van der Waals surface area contributed by atoms with Crippen molar-refractivity contribution in [3.8, 4) is 0 Å². The van der Waals surface area contributed by atoms with Crippen molar-refractivity contribution in [3.63, 3.8) is 0 Å². The second-order valence-corrected chi connectivity index (χ2v) is 7.12. The van der Waals surface area contributed by atoms with Crippen molar-refractivity contribution in [1.29, 1.82) is 0 Å². The Kier molecular flexibility index (Phi) is 6.88. The second kappa shape index (κ2) is 9.77. The summed E-state index contributed by atoms with van der Waals surface area (Å²) in [6.07, 6.45) is 3.75. The number of nitro benzene ring substituents is 1. The smallest absolute Gasteiger partial charge is 0.337 e. The summed E-state index contributed by atoms with van der Waals surface area (Å²) in [5, 5.41) is 24.6. The molecule has 0 saturated carbocycles. The third-order valence-electron chi connectivity index (χ3n) is 4.93. The van der Waals surface area contributed by atoms with E-state index < -0.39 is 10.9 Å². The maximum atomic E-state index is 11.6. The van der Waals surface area contributed by atoms with E-state index in [2.05, 4.69) is 26.8 Å². The van der Waals surface area contributed by atoms with Crippen LogP contribution in [0.5, 0.6) is 0 Å². The third-order valence-corrected chi connectivity index (χ3v) is 4.93. The number of hydrogen-bond acceptors (Lipinski definition) is 7. The average Bonchev–Trinajstić information content (AvgIpc) is 2.76. The molecule has 1 heterocycles.